The van der Waals surface area contributed by atoms with E-state index in [-0.39, 0.29) is 0 Å². The molecule has 2 heteroatoms. The van der Waals surface area contributed by atoms with Crippen molar-refractivity contribution < 1.29 is 9.18 Å². The Balaban J connectivity index is 2.74. The van der Waals surface area contributed by atoms with E-state index >= 15 is 0 Å². The van der Waals surface area contributed by atoms with Crippen LogP contribution in [-0.4, -0.2) is 12.5 Å². The van der Waals surface area contributed by atoms with E-state index in [0.717, 1.165) is 5.56 Å². The molecule has 60 valence electrons. The van der Waals surface area contributed by atoms with Crippen LogP contribution in [0, 0.1) is 11.8 Å². The van der Waals surface area contributed by atoms with E-state index in [2.05, 4.69) is 11.8 Å². The average Bonchev–Trinajstić information content (AvgIpc) is 2.16. The third-order valence-electron chi connectivity index (χ3n) is 1.24. The Labute approximate surface area is 70.2 Å². The molecule has 0 bridgehead atoms. The van der Waals surface area contributed by atoms with Crippen molar-refractivity contribution in [2.75, 3.05) is 6.67 Å². The van der Waals surface area contributed by atoms with Crippen molar-refractivity contribution in [1.82, 2.24) is 0 Å². The molecular formula is C10H7FO. The predicted octanol–water partition coefficient (Wildman–Crippen LogP) is 1.58. The third kappa shape index (κ3) is 2.55. The van der Waals surface area contributed by atoms with Gasteiger partial charge in [0.2, 0.25) is 5.78 Å². The molecule has 1 aromatic carbocycles. The first-order chi connectivity index (χ1) is 5.83. The monoisotopic (exact) mass is 162 g/mol. The Bertz CT molecular complexity index is 319. The minimum Gasteiger partial charge on any atom is -0.282 e. The molecule has 0 saturated heterocycles. The smallest absolute Gasteiger partial charge is 0.236 e. The lowest BCUT2D eigenvalue weighted by Crippen LogP contribution is -1.93. The van der Waals surface area contributed by atoms with Gasteiger partial charge in [-0.1, -0.05) is 24.1 Å². The average molecular weight is 162 g/mol. The summed E-state index contributed by atoms with van der Waals surface area (Å²) in [4.78, 5) is 10.4. The number of hydrogen-bond donors (Lipinski definition) is 0. The Kier molecular flexibility index (Phi) is 3.04. The minimum absolute atomic E-state index is 0.682. The van der Waals surface area contributed by atoms with Crippen molar-refractivity contribution in [1.29, 1.82) is 0 Å². The molecule has 0 radical (unpaired) electrons. The molecule has 0 aromatic heterocycles. The Morgan fingerprint density at radius 3 is 2.58 bits per heavy atom. The first-order valence-electron chi connectivity index (χ1n) is 3.49. The van der Waals surface area contributed by atoms with E-state index in [1.54, 1.807) is 12.1 Å². The van der Waals surface area contributed by atoms with Crippen molar-refractivity contribution in [3.8, 4) is 11.8 Å². The summed E-state index contributed by atoms with van der Waals surface area (Å²) in [6.45, 7) is -1.01. The summed E-state index contributed by atoms with van der Waals surface area (Å²) in [5.74, 6) is 4.06. The second kappa shape index (κ2) is 4.30. The molecule has 1 nitrogen and oxygen atoms in total. The number of alkyl halides is 1. The predicted molar refractivity (Wildman–Crippen MR) is 44.3 cm³/mol. The second-order valence-electron chi connectivity index (χ2n) is 2.17. The molecular weight excluding hydrogens is 155 g/mol. The van der Waals surface area contributed by atoms with Gasteiger partial charge in [-0.25, -0.2) is 4.39 Å². The number of Topliss-reactive ketones (excluding diaryl/α,β-unsaturated/α-hetero) is 1. The van der Waals surface area contributed by atoms with Crippen molar-refractivity contribution >= 4 is 5.78 Å². The first-order valence-corrected chi connectivity index (χ1v) is 3.49. The number of benzene rings is 1. The number of carbonyl (C=O) groups is 1. The molecule has 0 heterocycles. The first kappa shape index (κ1) is 8.48. The van der Waals surface area contributed by atoms with Crippen molar-refractivity contribution in [2.24, 2.45) is 0 Å². The fraction of sp³-hybridized carbons (Fsp3) is 0.100. The summed E-state index contributed by atoms with van der Waals surface area (Å²) in [7, 11) is 0. The van der Waals surface area contributed by atoms with Crippen molar-refractivity contribution in [2.45, 2.75) is 0 Å². The molecule has 1 rings (SSSR count). The van der Waals surface area contributed by atoms with E-state index in [0.29, 0.717) is 0 Å². The second-order valence-corrected chi connectivity index (χ2v) is 2.17. The highest BCUT2D eigenvalue weighted by atomic mass is 19.1. The summed E-state index contributed by atoms with van der Waals surface area (Å²) in [5, 5.41) is 0. The number of carbonyl (C=O) groups excluding carboxylic acids is 1. The summed E-state index contributed by atoms with van der Waals surface area (Å²) in [6, 6.07) is 8.99. The van der Waals surface area contributed by atoms with Crippen LogP contribution in [0.3, 0.4) is 0 Å². The highest BCUT2D eigenvalue weighted by molar-refractivity contribution is 5.96. The molecule has 0 fully saturated rings. The van der Waals surface area contributed by atoms with Gasteiger partial charge in [-0.3, -0.25) is 4.79 Å². The lowest BCUT2D eigenvalue weighted by molar-refractivity contribution is -0.114. The van der Waals surface area contributed by atoms with Gasteiger partial charge in [-0.15, -0.1) is 0 Å². The zero-order valence-corrected chi connectivity index (χ0v) is 6.38. The van der Waals surface area contributed by atoms with Crippen LogP contribution in [0.2, 0.25) is 0 Å². The van der Waals surface area contributed by atoms with Gasteiger partial charge in [0.05, 0.1) is 0 Å². The standard InChI is InChI=1S/C10H7FO/c11-8-10(12)7-6-9-4-2-1-3-5-9/h1-5H,8H2. The maximum absolute atomic E-state index is 11.6. The van der Waals surface area contributed by atoms with Gasteiger partial charge in [0.15, 0.2) is 6.67 Å². The molecule has 0 aliphatic carbocycles. The van der Waals surface area contributed by atoms with Gasteiger partial charge in [0.1, 0.15) is 0 Å². The zero-order chi connectivity index (χ0) is 8.81. The Morgan fingerprint density at radius 2 is 2.00 bits per heavy atom. The number of rotatable bonds is 1. The number of halogens is 1. The molecule has 0 spiro atoms. The normalized spacial score (nSPS) is 8.42. The summed E-state index contributed by atoms with van der Waals surface area (Å²) in [5.41, 5.74) is 0.722. The van der Waals surface area contributed by atoms with Gasteiger partial charge in [-0.05, 0) is 18.1 Å². The van der Waals surface area contributed by atoms with Crippen molar-refractivity contribution in [3.05, 3.63) is 35.9 Å². The van der Waals surface area contributed by atoms with Gasteiger partial charge >= 0.3 is 0 Å². The van der Waals surface area contributed by atoms with E-state index in [4.69, 9.17) is 0 Å². The lowest BCUT2D eigenvalue weighted by atomic mass is 10.2. The molecule has 0 unspecified atom stereocenters. The maximum Gasteiger partial charge on any atom is 0.236 e. The summed E-state index contributed by atoms with van der Waals surface area (Å²) >= 11 is 0. The molecule has 0 atom stereocenters. The molecule has 0 N–H and O–H groups in total. The SMILES string of the molecule is O=C(C#Cc1ccccc1)CF. The van der Waals surface area contributed by atoms with Crippen LogP contribution in [0.15, 0.2) is 30.3 Å². The zero-order valence-electron chi connectivity index (χ0n) is 6.38. The largest absolute Gasteiger partial charge is 0.282 e. The van der Waals surface area contributed by atoms with Crippen LogP contribution >= 0.6 is 0 Å². The minimum atomic E-state index is -1.01. The van der Waals surface area contributed by atoms with Crippen LogP contribution in [0.4, 0.5) is 4.39 Å². The quantitative estimate of drug-likeness (QED) is 0.573. The fourth-order valence-electron chi connectivity index (χ4n) is 0.697. The van der Waals surface area contributed by atoms with E-state index in [1.807, 2.05) is 18.2 Å². The molecule has 1 aromatic rings. The maximum atomic E-state index is 11.6. The molecule has 12 heavy (non-hydrogen) atoms. The van der Waals surface area contributed by atoms with Gasteiger partial charge in [-0.2, -0.15) is 0 Å². The summed E-state index contributed by atoms with van der Waals surface area (Å²) in [6.07, 6.45) is 0. The fourth-order valence-corrected chi connectivity index (χ4v) is 0.697. The summed E-state index contributed by atoms with van der Waals surface area (Å²) < 4.78 is 11.6. The van der Waals surface area contributed by atoms with Gasteiger partial charge < -0.3 is 0 Å². The molecule has 0 aliphatic heterocycles. The van der Waals surface area contributed by atoms with Crippen LogP contribution in [0.1, 0.15) is 5.56 Å². The van der Waals surface area contributed by atoms with Gasteiger partial charge in [0.25, 0.3) is 0 Å². The van der Waals surface area contributed by atoms with Crippen LogP contribution < -0.4 is 0 Å². The van der Waals surface area contributed by atoms with Crippen LogP contribution in [0.25, 0.3) is 0 Å². The highest BCUT2D eigenvalue weighted by Crippen LogP contribution is 1.94. The van der Waals surface area contributed by atoms with Gasteiger partial charge in [0, 0.05) is 5.56 Å². The van der Waals surface area contributed by atoms with E-state index in [9.17, 15) is 9.18 Å². The topological polar surface area (TPSA) is 17.1 Å². The van der Waals surface area contributed by atoms with Crippen LogP contribution in [-0.2, 0) is 4.79 Å². The van der Waals surface area contributed by atoms with Crippen LogP contribution in [0.5, 0.6) is 0 Å². The molecule has 0 amide bonds. The highest BCUT2D eigenvalue weighted by Gasteiger charge is 1.90. The Hall–Kier alpha value is -1.62. The molecule has 0 saturated carbocycles. The lowest BCUT2D eigenvalue weighted by Gasteiger charge is -1.84. The molecule has 0 aliphatic rings. The third-order valence-corrected chi connectivity index (χ3v) is 1.24. The van der Waals surface area contributed by atoms with E-state index < -0.39 is 12.5 Å². The number of hydrogen-bond acceptors (Lipinski definition) is 1. The number of ketones is 1. The van der Waals surface area contributed by atoms with Crippen molar-refractivity contribution in [3.63, 3.8) is 0 Å². The van der Waals surface area contributed by atoms with E-state index in [1.165, 1.54) is 0 Å². The Morgan fingerprint density at radius 1 is 1.33 bits per heavy atom.